The van der Waals surface area contributed by atoms with E-state index in [9.17, 15) is 9.59 Å². The second-order valence-electron chi connectivity index (χ2n) is 8.13. The Balaban J connectivity index is 2.02. The van der Waals surface area contributed by atoms with Crippen LogP contribution in [0.5, 0.6) is 5.75 Å². The number of halogens is 1. The van der Waals surface area contributed by atoms with Crippen molar-refractivity contribution < 1.29 is 19.1 Å². The summed E-state index contributed by atoms with van der Waals surface area (Å²) in [5.41, 5.74) is 2.87. The summed E-state index contributed by atoms with van der Waals surface area (Å²) >= 11 is 6.12. The number of amides is 1. The molecule has 1 atom stereocenters. The molecule has 2 aromatic carbocycles. The van der Waals surface area contributed by atoms with E-state index in [-0.39, 0.29) is 24.2 Å². The number of ether oxygens (including phenoxy) is 2. The number of nitrogens with zero attached hydrogens (tertiary/aromatic N) is 1. The average Bonchev–Trinajstić information content (AvgIpc) is 2.74. The van der Waals surface area contributed by atoms with E-state index in [1.54, 1.807) is 25.0 Å². The van der Waals surface area contributed by atoms with Gasteiger partial charge in [-0.15, -0.1) is 0 Å². The fourth-order valence-electron chi connectivity index (χ4n) is 3.75. The Kier molecular flexibility index (Phi) is 7.39. The van der Waals surface area contributed by atoms with Crippen molar-refractivity contribution in [2.75, 3.05) is 13.7 Å². The van der Waals surface area contributed by atoms with Gasteiger partial charge in [0.15, 0.2) is 0 Å². The highest BCUT2D eigenvalue weighted by Crippen LogP contribution is 2.38. The van der Waals surface area contributed by atoms with E-state index >= 15 is 0 Å². The predicted molar refractivity (Wildman–Crippen MR) is 121 cm³/mol. The van der Waals surface area contributed by atoms with Crippen LogP contribution >= 0.6 is 11.6 Å². The zero-order chi connectivity index (χ0) is 22.5. The minimum Gasteiger partial charge on any atom is -0.497 e. The van der Waals surface area contributed by atoms with Gasteiger partial charge in [0.2, 0.25) is 5.91 Å². The second kappa shape index (κ2) is 10.0. The molecule has 6 heteroatoms. The number of allylic oxidation sites excluding steroid dienone is 1. The Morgan fingerprint density at radius 1 is 1.19 bits per heavy atom. The Bertz CT molecular complexity index is 999. The van der Waals surface area contributed by atoms with E-state index in [2.05, 4.69) is 0 Å². The number of carbonyl (C=O) groups excluding carboxylic acids is 2. The molecule has 5 nitrogen and oxygen atoms in total. The normalized spacial score (nSPS) is 16.6. The molecule has 1 heterocycles. The van der Waals surface area contributed by atoms with Crippen LogP contribution in [0.4, 0.5) is 0 Å². The van der Waals surface area contributed by atoms with Gasteiger partial charge in [-0.1, -0.05) is 49.7 Å². The molecule has 0 aromatic heterocycles. The average molecular weight is 442 g/mol. The molecule has 0 N–H and O–H groups in total. The van der Waals surface area contributed by atoms with Gasteiger partial charge in [-0.2, -0.15) is 0 Å². The Morgan fingerprint density at radius 2 is 1.94 bits per heavy atom. The van der Waals surface area contributed by atoms with E-state index in [1.165, 1.54) is 0 Å². The first-order valence-electron chi connectivity index (χ1n) is 10.4. The van der Waals surface area contributed by atoms with Crippen LogP contribution in [0.15, 0.2) is 59.8 Å². The molecule has 0 bridgehead atoms. The number of carbonyl (C=O) groups is 2. The largest absolute Gasteiger partial charge is 0.497 e. The van der Waals surface area contributed by atoms with E-state index in [1.807, 2.05) is 56.3 Å². The zero-order valence-electron chi connectivity index (χ0n) is 18.4. The van der Waals surface area contributed by atoms with Gasteiger partial charge in [-0.05, 0) is 48.2 Å². The molecule has 0 fully saturated rings. The van der Waals surface area contributed by atoms with Crippen molar-refractivity contribution >= 4 is 23.5 Å². The molecule has 0 radical (unpaired) electrons. The van der Waals surface area contributed by atoms with Crippen molar-refractivity contribution in [2.24, 2.45) is 5.92 Å². The highest BCUT2D eigenvalue weighted by molar-refractivity contribution is 6.30. The van der Waals surface area contributed by atoms with Crippen molar-refractivity contribution in [3.05, 3.63) is 76.0 Å². The van der Waals surface area contributed by atoms with Crippen molar-refractivity contribution in [2.45, 2.75) is 39.7 Å². The molecule has 1 aliphatic rings. The molecule has 164 valence electrons. The lowest BCUT2D eigenvalue weighted by molar-refractivity contribution is -0.141. The van der Waals surface area contributed by atoms with Crippen LogP contribution in [0.2, 0.25) is 5.02 Å². The number of esters is 1. The van der Waals surface area contributed by atoms with Gasteiger partial charge in [-0.3, -0.25) is 4.79 Å². The van der Waals surface area contributed by atoms with Crippen molar-refractivity contribution in [1.29, 1.82) is 0 Å². The summed E-state index contributed by atoms with van der Waals surface area (Å²) in [5, 5.41) is 0.606. The fourth-order valence-corrected chi connectivity index (χ4v) is 3.96. The van der Waals surface area contributed by atoms with Gasteiger partial charge in [0.25, 0.3) is 0 Å². The quantitative estimate of drug-likeness (QED) is 0.544. The molecule has 3 rings (SSSR count). The molecule has 2 aromatic rings. The Labute approximate surface area is 188 Å². The lowest BCUT2D eigenvalue weighted by Gasteiger charge is -2.34. The lowest BCUT2D eigenvalue weighted by Crippen LogP contribution is -2.38. The summed E-state index contributed by atoms with van der Waals surface area (Å²) in [7, 11) is 1.59. The van der Waals surface area contributed by atoms with Crippen LogP contribution in [0.25, 0.3) is 0 Å². The van der Waals surface area contributed by atoms with Crippen LogP contribution in [0, 0.1) is 5.92 Å². The van der Waals surface area contributed by atoms with Gasteiger partial charge in [0.05, 0.1) is 25.8 Å². The molecule has 31 heavy (non-hydrogen) atoms. The minimum atomic E-state index is -0.391. The van der Waals surface area contributed by atoms with E-state index in [0.717, 1.165) is 11.1 Å². The number of hydrogen-bond donors (Lipinski definition) is 0. The summed E-state index contributed by atoms with van der Waals surface area (Å²) in [4.78, 5) is 27.9. The third-order valence-corrected chi connectivity index (χ3v) is 5.55. The van der Waals surface area contributed by atoms with E-state index in [4.69, 9.17) is 21.1 Å². The predicted octanol–water partition coefficient (Wildman–Crippen LogP) is 5.34. The topological polar surface area (TPSA) is 55.8 Å². The Hall–Kier alpha value is -2.79. The molecular formula is C25H28ClNO4. The third-order valence-electron chi connectivity index (χ3n) is 5.32. The van der Waals surface area contributed by atoms with Gasteiger partial charge in [0, 0.05) is 23.1 Å². The molecule has 1 unspecified atom stereocenters. The van der Waals surface area contributed by atoms with E-state index in [0.29, 0.717) is 35.2 Å². The Morgan fingerprint density at radius 3 is 2.61 bits per heavy atom. The summed E-state index contributed by atoms with van der Waals surface area (Å²) in [5.74, 6) is 0.0676. The molecule has 1 aliphatic heterocycles. The maximum Gasteiger partial charge on any atom is 0.336 e. The first-order valence-corrected chi connectivity index (χ1v) is 10.7. The monoisotopic (exact) mass is 441 g/mol. The minimum absolute atomic E-state index is 0.0503. The van der Waals surface area contributed by atoms with Crippen LogP contribution in [-0.2, 0) is 20.9 Å². The van der Waals surface area contributed by atoms with Gasteiger partial charge in [-0.25, -0.2) is 4.79 Å². The van der Waals surface area contributed by atoms with Crippen molar-refractivity contribution in [3.63, 3.8) is 0 Å². The maximum atomic E-state index is 13.1. The SMILES string of the molecule is COc1cccc(C2CC(=O)N(Cc3cccc(Cl)c3)C(C)=C2C(=O)OCC(C)C)c1. The van der Waals surface area contributed by atoms with Crippen molar-refractivity contribution in [1.82, 2.24) is 4.90 Å². The standard InChI is InChI=1S/C25H28ClNO4/c1-16(2)15-31-25(29)24-17(3)27(14-18-7-5-9-20(26)11-18)23(28)13-22(24)19-8-6-10-21(12-19)30-4/h5-12,16,22H,13-15H2,1-4H3. The van der Waals surface area contributed by atoms with Crippen LogP contribution < -0.4 is 4.74 Å². The van der Waals surface area contributed by atoms with Gasteiger partial charge >= 0.3 is 5.97 Å². The van der Waals surface area contributed by atoms with Crippen LogP contribution in [0.3, 0.4) is 0 Å². The second-order valence-corrected chi connectivity index (χ2v) is 8.57. The first kappa shape index (κ1) is 22.9. The smallest absolute Gasteiger partial charge is 0.336 e. The van der Waals surface area contributed by atoms with Crippen LogP contribution in [0.1, 0.15) is 44.2 Å². The number of hydrogen-bond acceptors (Lipinski definition) is 4. The number of methoxy groups -OCH3 is 1. The first-order chi connectivity index (χ1) is 14.8. The van der Waals surface area contributed by atoms with E-state index < -0.39 is 5.92 Å². The highest BCUT2D eigenvalue weighted by atomic mass is 35.5. The molecule has 0 spiro atoms. The third kappa shape index (κ3) is 5.47. The molecular weight excluding hydrogens is 414 g/mol. The summed E-state index contributed by atoms with van der Waals surface area (Å²) in [6, 6.07) is 14.9. The number of benzene rings is 2. The zero-order valence-corrected chi connectivity index (χ0v) is 19.1. The summed E-state index contributed by atoms with van der Waals surface area (Å²) in [6.45, 7) is 6.45. The maximum absolute atomic E-state index is 13.1. The van der Waals surface area contributed by atoms with Gasteiger partial charge in [0.1, 0.15) is 5.75 Å². The molecule has 0 saturated carbocycles. The molecule has 1 amide bonds. The molecule has 0 saturated heterocycles. The van der Waals surface area contributed by atoms with Gasteiger partial charge < -0.3 is 14.4 Å². The fraction of sp³-hybridized carbons (Fsp3) is 0.360. The van der Waals surface area contributed by atoms with Crippen molar-refractivity contribution in [3.8, 4) is 5.75 Å². The summed E-state index contributed by atoms with van der Waals surface area (Å²) in [6.07, 6.45) is 0.178. The van der Waals surface area contributed by atoms with Crippen LogP contribution in [-0.4, -0.2) is 30.5 Å². The highest BCUT2D eigenvalue weighted by Gasteiger charge is 2.37. The number of rotatable bonds is 7. The lowest BCUT2D eigenvalue weighted by atomic mass is 9.83. The molecule has 0 aliphatic carbocycles. The summed E-state index contributed by atoms with van der Waals surface area (Å²) < 4.78 is 10.9.